The molecule has 0 aliphatic rings. The van der Waals surface area contributed by atoms with Crippen molar-refractivity contribution in [3.63, 3.8) is 0 Å². The topological polar surface area (TPSA) is 66.6 Å². The smallest absolute Gasteiger partial charge is 0.258 e. The Morgan fingerprint density at radius 2 is 1.96 bits per heavy atom. The number of aliphatic hydroxyl groups is 1. The standard InChI is InChI=1S/C16H13Cl2N3O2/c1-9-13(8-22)21-7-3-6-12(15(21)19-9)20-16(23)14-10(17)4-2-5-11(14)18/h2-7,22H,8H2,1H3,(H,20,23). The Hall–Kier alpha value is -2.08. The molecular formula is C16H13Cl2N3O2. The zero-order valence-electron chi connectivity index (χ0n) is 12.2. The third-order valence-corrected chi connectivity index (χ3v) is 4.17. The summed E-state index contributed by atoms with van der Waals surface area (Å²) < 4.78 is 1.74. The number of rotatable bonds is 3. The molecule has 0 spiro atoms. The van der Waals surface area contributed by atoms with Crippen molar-refractivity contribution in [2.45, 2.75) is 13.5 Å². The molecule has 3 aromatic rings. The fraction of sp³-hybridized carbons (Fsp3) is 0.125. The van der Waals surface area contributed by atoms with Crippen LogP contribution in [0.15, 0.2) is 36.5 Å². The van der Waals surface area contributed by atoms with Gasteiger partial charge < -0.3 is 10.4 Å². The number of hydrogen-bond donors (Lipinski definition) is 2. The van der Waals surface area contributed by atoms with Crippen LogP contribution in [0.25, 0.3) is 5.65 Å². The highest BCUT2D eigenvalue weighted by Crippen LogP contribution is 2.26. The van der Waals surface area contributed by atoms with Crippen LogP contribution in [0, 0.1) is 6.92 Å². The van der Waals surface area contributed by atoms with Gasteiger partial charge in [-0.2, -0.15) is 0 Å². The number of amides is 1. The van der Waals surface area contributed by atoms with E-state index in [4.69, 9.17) is 23.2 Å². The number of nitrogens with one attached hydrogen (secondary N) is 1. The summed E-state index contributed by atoms with van der Waals surface area (Å²) in [6, 6.07) is 8.37. The Balaban J connectivity index is 2.04. The molecule has 0 unspecified atom stereocenters. The minimum Gasteiger partial charge on any atom is -0.390 e. The van der Waals surface area contributed by atoms with E-state index in [-0.39, 0.29) is 22.2 Å². The van der Waals surface area contributed by atoms with Crippen LogP contribution in [0.5, 0.6) is 0 Å². The van der Waals surface area contributed by atoms with E-state index in [0.29, 0.717) is 22.7 Å². The highest BCUT2D eigenvalue weighted by Gasteiger charge is 2.17. The fourth-order valence-corrected chi connectivity index (χ4v) is 2.99. The first-order valence-corrected chi connectivity index (χ1v) is 7.61. The summed E-state index contributed by atoms with van der Waals surface area (Å²) in [7, 11) is 0. The second kappa shape index (κ2) is 6.20. The molecule has 0 fully saturated rings. The molecule has 7 heteroatoms. The van der Waals surface area contributed by atoms with Gasteiger partial charge in [0.1, 0.15) is 0 Å². The van der Waals surface area contributed by atoms with Crippen LogP contribution in [0.3, 0.4) is 0 Å². The number of aryl methyl sites for hydroxylation is 1. The molecule has 0 saturated carbocycles. The molecule has 1 aromatic carbocycles. The number of imidazole rings is 1. The van der Waals surface area contributed by atoms with E-state index >= 15 is 0 Å². The number of aliphatic hydroxyl groups excluding tert-OH is 1. The molecule has 2 heterocycles. The van der Waals surface area contributed by atoms with Gasteiger partial charge in [-0.1, -0.05) is 29.3 Å². The largest absolute Gasteiger partial charge is 0.390 e. The zero-order chi connectivity index (χ0) is 16.6. The summed E-state index contributed by atoms with van der Waals surface area (Å²) in [5.74, 6) is -0.417. The predicted molar refractivity (Wildman–Crippen MR) is 90.3 cm³/mol. The molecule has 118 valence electrons. The van der Waals surface area contributed by atoms with E-state index in [1.165, 1.54) is 0 Å². The Bertz CT molecular complexity index is 885. The number of anilines is 1. The van der Waals surface area contributed by atoms with Crippen molar-refractivity contribution in [3.05, 3.63) is 63.5 Å². The molecule has 0 atom stereocenters. The van der Waals surface area contributed by atoms with Gasteiger partial charge in [0.15, 0.2) is 5.65 Å². The van der Waals surface area contributed by atoms with Gasteiger partial charge in [0.2, 0.25) is 0 Å². The maximum Gasteiger partial charge on any atom is 0.258 e. The number of halogens is 2. The summed E-state index contributed by atoms with van der Waals surface area (Å²) in [5, 5.41) is 12.8. The van der Waals surface area contributed by atoms with Crippen LogP contribution in [-0.2, 0) is 6.61 Å². The van der Waals surface area contributed by atoms with Crippen molar-refractivity contribution in [3.8, 4) is 0 Å². The molecule has 0 radical (unpaired) electrons. The number of hydrogen-bond acceptors (Lipinski definition) is 3. The lowest BCUT2D eigenvalue weighted by atomic mass is 10.2. The van der Waals surface area contributed by atoms with Crippen molar-refractivity contribution >= 4 is 40.4 Å². The Morgan fingerprint density at radius 3 is 2.61 bits per heavy atom. The SMILES string of the molecule is Cc1nc2c(NC(=O)c3c(Cl)cccc3Cl)cccn2c1CO. The summed E-state index contributed by atoms with van der Waals surface area (Å²) in [6.07, 6.45) is 1.78. The first-order valence-electron chi connectivity index (χ1n) is 6.85. The van der Waals surface area contributed by atoms with Gasteiger partial charge in [-0.25, -0.2) is 4.98 Å². The van der Waals surface area contributed by atoms with E-state index in [1.807, 2.05) is 0 Å². The van der Waals surface area contributed by atoms with Gasteiger partial charge in [-0.05, 0) is 31.2 Å². The number of benzene rings is 1. The highest BCUT2D eigenvalue weighted by atomic mass is 35.5. The van der Waals surface area contributed by atoms with Gasteiger partial charge in [0, 0.05) is 6.20 Å². The summed E-state index contributed by atoms with van der Waals surface area (Å²) in [6.45, 7) is 1.66. The molecule has 0 bridgehead atoms. The number of aromatic nitrogens is 2. The maximum absolute atomic E-state index is 12.5. The van der Waals surface area contributed by atoms with Gasteiger partial charge >= 0.3 is 0 Å². The van der Waals surface area contributed by atoms with Crippen molar-refractivity contribution in [1.29, 1.82) is 0 Å². The average Bonchev–Trinajstić information content (AvgIpc) is 2.83. The summed E-state index contributed by atoms with van der Waals surface area (Å²) >= 11 is 12.1. The monoisotopic (exact) mass is 349 g/mol. The van der Waals surface area contributed by atoms with E-state index in [0.717, 1.165) is 0 Å². The number of carbonyl (C=O) groups excluding carboxylic acids is 1. The second-order valence-electron chi connectivity index (χ2n) is 4.97. The maximum atomic E-state index is 12.5. The van der Waals surface area contributed by atoms with Crippen molar-refractivity contribution in [2.75, 3.05) is 5.32 Å². The third-order valence-electron chi connectivity index (χ3n) is 3.54. The summed E-state index contributed by atoms with van der Waals surface area (Å²) in [5.41, 5.74) is 2.64. The number of pyridine rings is 1. The quantitative estimate of drug-likeness (QED) is 0.757. The Labute approximate surface area is 142 Å². The second-order valence-corrected chi connectivity index (χ2v) is 5.78. The molecule has 0 aliphatic heterocycles. The van der Waals surface area contributed by atoms with Crippen LogP contribution < -0.4 is 5.32 Å². The van der Waals surface area contributed by atoms with Crippen LogP contribution in [0.1, 0.15) is 21.7 Å². The molecule has 0 saturated heterocycles. The van der Waals surface area contributed by atoms with Crippen molar-refractivity contribution in [2.24, 2.45) is 0 Å². The van der Waals surface area contributed by atoms with Crippen LogP contribution in [-0.4, -0.2) is 20.4 Å². The van der Waals surface area contributed by atoms with Gasteiger partial charge in [-0.3, -0.25) is 9.20 Å². The molecule has 5 nitrogen and oxygen atoms in total. The van der Waals surface area contributed by atoms with E-state index in [1.54, 1.807) is 47.9 Å². The minimum absolute atomic E-state index is 0.138. The predicted octanol–water partition coefficient (Wildman–Crippen LogP) is 3.69. The first-order chi connectivity index (χ1) is 11.0. The van der Waals surface area contributed by atoms with Crippen molar-refractivity contribution < 1.29 is 9.90 Å². The Kier molecular flexibility index (Phi) is 4.26. The average molecular weight is 350 g/mol. The third kappa shape index (κ3) is 2.79. The number of fused-ring (bicyclic) bond motifs is 1. The zero-order valence-corrected chi connectivity index (χ0v) is 13.7. The van der Waals surface area contributed by atoms with E-state index < -0.39 is 5.91 Å². The molecule has 23 heavy (non-hydrogen) atoms. The molecule has 1 amide bonds. The van der Waals surface area contributed by atoms with Crippen LogP contribution in [0.2, 0.25) is 10.0 Å². The minimum atomic E-state index is -0.417. The van der Waals surface area contributed by atoms with Gasteiger partial charge in [0.25, 0.3) is 5.91 Å². The van der Waals surface area contributed by atoms with E-state index in [2.05, 4.69) is 10.3 Å². The lowest BCUT2D eigenvalue weighted by molar-refractivity contribution is 0.102. The molecular weight excluding hydrogens is 337 g/mol. The summed E-state index contributed by atoms with van der Waals surface area (Å²) in [4.78, 5) is 16.9. The normalized spacial score (nSPS) is 11.0. The highest BCUT2D eigenvalue weighted by molar-refractivity contribution is 6.40. The van der Waals surface area contributed by atoms with Crippen LogP contribution >= 0.6 is 23.2 Å². The molecule has 2 N–H and O–H groups in total. The van der Waals surface area contributed by atoms with Gasteiger partial charge in [0.05, 0.1) is 39.3 Å². The van der Waals surface area contributed by atoms with Crippen LogP contribution in [0.4, 0.5) is 5.69 Å². The molecule has 0 aliphatic carbocycles. The molecule has 3 rings (SSSR count). The lowest BCUT2D eigenvalue weighted by Crippen LogP contribution is -2.14. The van der Waals surface area contributed by atoms with E-state index in [9.17, 15) is 9.90 Å². The number of carbonyl (C=O) groups is 1. The molecule has 2 aromatic heterocycles. The van der Waals surface area contributed by atoms with Crippen molar-refractivity contribution in [1.82, 2.24) is 9.38 Å². The number of nitrogens with zero attached hydrogens (tertiary/aromatic N) is 2. The lowest BCUT2D eigenvalue weighted by Gasteiger charge is -2.09. The Morgan fingerprint density at radius 1 is 1.26 bits per heavy atom. The fourth-order valence-electron chi connectivity index (χ4n) is 2.42. The van der Waals surface area contributed by atoms with Gasteiger partial charge in [-0.15, -0.1) is 0 Å². The first kappa shape index (κ1) is 15.8.